The van der Waals surface area contributed by atoms with E-state index in [4.69, 9.17) is 0 Å². The van der Waals surface area contributed by atoms with Crippen molar-refractivity contribution in [2.24, 2.45) is 5.92 Å². The Balaban J connectivity index is 2.20. The minimum atomic E-state index is -0.314. The van der Waals surface area contributed by atoms with Crippen LogP contribution in [0.5, 0.6) is 0 Å². The van der Waals surface area contributed by atoms with Gasteiger partial charge in [-0.25, -0.2) is 4.79 Å². The van der Waals surface area contributed by atoms with E-state index >= 15 is 0 Å². The Bertz CT molecular complexity index is 490. The van der Waals surface area contributed by atoms with Crippen molar-refractivity contribution in [2.75, 3.05) is 6.54 Å². The normalized spacial score (nSPS) is 21.7. The Morgan fingerprint density at radius 3 is 2.83 bits per heavy atom. The number of hydrogen-bond acceptors (Lipinski definition) is 2. The van der Waals surface area contributed by atoms with E-state index in [1.807, 2.05) is 38.1 Å². The van der Waals surface area contributed by atoms with Gasteiger partial charge >= 0.3 is 6.03 Å². The van der Waals surface area contributed by atoms with E-state index < -0.39 is 0 Å². The molecule has 18 heavy (non-hydrogen) atoms. The molecule has 1 aromatic carbocycles. The molecular formula is C13H15BrN2O2. The van der Waals surface area contributed by atoms with Gasteiger partial charge in [-0.1, -0.05) is 35.0 Å². The van der Waals surface area contributed by atoms with E-state index in [0.717, 1.165) is 10.0 Å². The van der Waals surface area contributed by atoms with Crippen LogP contribution in [0.1, 0.15) is 25.5 Å². The molecule has 1 aromatic rings. The van der Waals surface area contributed by atoms with Gasteiger partial charge < -0.3 is 4.90 Å². The summed E-state index contributed by atoms with van der Waals surface area (Å²) in [5, 5.41) is 2.38. The smallest absolute Gasteiger partial charge is 0.317 e. The molecule has 0 aliphatic carbocycles. The highest BCUT2D eigenvalue weighted by Gasteiger charge is 2.32. The van der Waals surface area contributed by atoms with Crippen molar-refractivity contribution in [1.29, 1.82) is 0 Å². The predicted octanol–water partition coefficient (Wildman–Crippen LogP) is 2.70. The van der Waals surface area contributed by atoms with Crippen LogP contribution in [0.2, 0.25) is 0 Å². The zero-order chi connectivity index (χ0) is 13.3. The second kappa shape index (κ2) is 5.10. The summed E-state index contributed by atoms with van der Waals surface area (Å²) in [4.78, 5) is 24.9. The van der Waals surface area contributed by atoms with E-state index in [9.17, 15) is 9.59 Å². The van der Waals surface area contributed by atoms with Crippen LogP contribution in [0.3, 0.4) is 0 Å². The molecule has 5 heteroatoms. The maximum atomic E-state index is 11.8. The Labute approximate surface area is 114 Å². The quantitative estimate of drug-likeness (QED) is 0.913. The predicted molar refractivity (Wildman–Crippen MR) is 72.0 cm³/mol. The van der Waals surface area contributed by atoms with Crippen LogP contribution >= 0.6 is 15.9 Å². The van der Waals surface area contributed by atoms with Crippen LogP contribution in [0.4, 0.5) is 4.79 Å². The van der Waals surface area contributed by atoms with Gasteiger partial charge in [-0.3, -0.25) is 10.1 Å². The molecule has 2 rings (SSSR count). The zero-order valence-electron chi connectivity index (χ0n) is 10.3. The molecule has 0 saturated carbocycles. The number of benzene rings is 1. The summed E-state index contributed by atoms with van der Waals surface area (Å²) in [5.41, 5.74) is 1.04. The van der Waals surface area contributed by atoms with Gasteiger partial charge in [0, 0.05) is 11.0 Å². The van der Waals surface area contributed by atoms with Gasteiger partial charge in [-0.15, -0.1) is 0 Å². The number of halogens is 1. The molecule has 4 nitrogen and oxygen atoms in total. The van der Waals surface area contributed by atoms with E-state index in [1.54, 1.807) is 4.90 Å². The number of nitrogens with zero attached hydrogens (tertiary/aromatic N) is 1. The third kappa shape index (κ3) is 2.56. The highest BCUT2D eigenvalue weighted by molar-refractivity contribution is 9.10. The number of hydrogen-bond donors (Lipinski definition) is 1. The third-order valence-electron chi connectivity index (χ3n) is 3.21. The number of imide groups is 1. The summed E-state index contributed by atoms with van der Waals surface area (Å²) < 4.78 is 0.980. The van der Waals surface area contributed by atoms with Crippen LogP contribution in [0.25, 0.3) is 0 Å². The first-order valence-electron chi connectivity index (χ1n) is 5.86. The maximum Gasteiger partial charge on any atom is 0.324 e. The summed E-state index contributed by atoms with van der Waals surface area (Å²) >= 11 is 3.42. The Kier molecular flexibility index (Phi) is 3.71. The fraction of sp³-hybridized carbons (Fsp3) is 0.385. The third-order valence-corrected chi connectivity index (χ3v) is 3.70. The number of amides is 3. The molecule has 1 heterocycles. The molecule has 0 radical (unpaired) electrons. The minimum absolute atomic E-state index is 0.0574. The van der Waals surface area contributed by atoms with Crippen molar-refractivity contribution in [3.63, 3.8) is 0 Å². The number of nitrogens with one attached hydrogen (secondary N) is 1. The number of carbonyl (C=O) groups is 2. The summed E-state index contributed by atoms with van der Waals surface area (Å²) in [6, 6.07) is 7.47. The first-order chi connectivity index (χ1) is 8.49. The van der Waals surface area contributed by atoms with Gasteiger partial charge in [0.15, 0.2) is 0 Å². The molecule has 2 atom stereocenters. The summed E-state index contributed by atoms with van der Waals surface area (Å²) in [7, 11) is 0. The van der Waals surface area contributed by atoms with Crippen molar-refractivity contribution in [3.8, 4) is 0 Å². The molecule has 2 unspecified atom stereocenters. The monoisotopic (exact) mass is 310 g/mol. The fourth-order valence-corrected chi connectivity index (χ4v) is 2.46. The van der Waals surface area contributed by atoms with E-state index in [0.29, 0.717) is 6.54 Å². The Morgan fingerprint density at radius 2 is 2.17 bits per heavy atom. The summed E-state index contributed by atoms with van der Waals surface area (Å²) in [6.07, 6.45) is 0. The molecule has 1 saturated heterocycles. The molecule has 1 N–H and O–H groups in total. The zero-order valence-corrected chi connectivity index (χ0v) is 11.9. The van der Waals surface area contributed by atoms with Crippen LogP contribution in [0.15, 0.2) is 28.7 Å². The van der Waals surface area contributed by atoms with Crippen LogP contribution in [-0.2, 0) is 4.79 Å². The number of carbonyl (C=O) groups excluding carboxylic acids is 2. The molecule has 1 aliphatic rings. The first-order valence-corrected chi connectivity index (χ1v) is 6.65. The van der Waals surface area contributed by atoms with E-state index in [1.165, 1.54) is 0 Å². The van der Waals surface area contributed by atoms with Crippen molar-refractivity contribution >= 4 is 27.9 Å². The minimum Gasteiger partial charge on any atom is -0.317 e. The lowest BCUT2D eigenvalue weighted by molar-refractivity contribution is -0.125. The molecule has 0 aromatic heterocycles. The number of rotatable bonds is 2. The van der Waals surface area contributed by atoms with Crippen LogP contribution in [0, 0.1) is 5.92 Å². The summed E-state index contributed by atoms with van der Waals surface area (Å²) in [5.74, 6) is -0.366. The largest absolute Gasteiger partial charge is 0.324 e. The highest BCUT2D eigenvalue weighted by atomic mass is 79.9. The maximum absolute atomic E-state index is 11.8. The molecule has 0 spiro atoms. The Morgan fingerprint density at radius 1 is 1.44 bits per heavy atom. The molecule has 3 amide bonds. The van der Waals surface area contributed by atoms with Gasteiger partial charge in [0.25, 0.3) is 0 Å². The lowest BCUT2D eigenvalue weighted by atomic mass is 10.0. The van der Waals surface area contributed by atoms with Crippen molar-refractivity contribution in [1.82, 2.24) is 10.2 Å². The molecule has 96 valence electrons. The highest BCUT2D eigenvalue weighted by Crippen LogP contribution is 2.25. The molecule has 0 bridgehead atoms. The fourth-order valence-electron chi connectivity index (χ4n) is 2.04. The average Bonchev–Trinajstić information content (AvgIpc) is 2.33. The number of urea groups is 1. The standard InChI is InChI=1S/C13H15BrN2O2/c1-8-7-16(13(18)15-12(8)17)9(2)10-4-3-5-11(14)6-10/h3-6,8-9H,7H2,1-2H3,(H,15,17,18). The van der Waals surface area contributed by atoms with Crippen molar-refractivity contribution in [2.45, 2.75) is 19.9 Å². The van der Waals surface area contributed by atoms with Gasteiger partial charge in [0.2, 0.25) is 5.91 Å². The average molecular weight is 311 g/mol. The van der Waals surface area contributed by atoms with E-state index in [2.05, 4.69) is 21.2 Å². The molecule has 1 aliphatic heterocycles. The molecule has 1 fully saturated rings. The van der Waals surface area contributed by atoms with Crippen LogP contribution in [-0.4, -0.2) is 23.4 Å². The van der Waals surface area contributed by atoms with Crippen LogP contribution < -0.4 is 5.32 Å². The Hall–Kier alpha value is -1.36. The van der Waals surface area contributed by atoms with Gasteiger partial charge in [0.1, 0.15) is 0 Å². The van der Waals surface area contributed by atoms with E-state index in [-0.39, 0.29) is 23.9 Å². The van der Waals surface area contributed by atoms with Gasteiger partial charge in [-0.05, 0) is 24.6 Å². The van der Waals surface area contributed by atoms with Crippen molar-refractivity contribution in [3.05, 3.63) is 34.3 Å². The lowest BCUT2D eigenvalue weighted by Gasteiger charge is -2.35. The SMILES string of the molecule is CC1CN(C(C)c2cccc(Br)c2)C(=O)NC1=O. The van der Waals surface area contributed by atoms with Gasteiger partial charge in [-0.2, -0.15) is 0 Å². The molecular weight excluding hydrogens is 296 g/mol. The lowest BCUT2D eigenvalue weighted by Crippen LogP contribution is -2.54. The van der Waals surface area contributed by atoms with Crippen molar-refractivity contribution < 1.29 is 9.59 Å². The van der Waals surface area contributed by atoms with Gasteiger partial charge in [0.05, 0.1) is 12.0 Å². The summed E-state index contributed by atoms with van der Waals surface area (Å²) in [6.45, 7) is 4.24. The second-order valence-corrected chi connectivity index (χ2v) is 5.49. The second-order valence-electron chi connectivity index (χ2n) is 4.58. The first kappa shape index (κ1) is 13.1. The topological polar surface area (TPSA) is 49.4 Å².